The van der Waals surface area contributed by atoms with Crippen molar-refractivity contribution in [3.8, 4) is 5.75 Å². The van der Waals surface area contributed by atoms with Gasteiger partial charge in [0.25, 0.3) is 0 Å². The first-order valence-corrected chi connectivity index (χ1v) is 6.78. The van der Waals surface area contributed by atoms with Crippen LogP contribution in [0.2, 0.25) is 0 Å². The van der Waals surface area contributed by atoms with Crippen LogP contribution in [0.4, 0.5) is 0 Å². The van der Waals surface area contributed by atoms with Gasteiger partial charge in [-0.05, 0) is 43.1 Å². The molecule has 0 radical (unpaired) electrons. The van der Waals surface area contributed by atoms with E-state index in [0.717, 1.165) is 36.3 Å². The summed E-state index contributed by atoms with van der Waals surface area (Å²) in [6, 6.07) is 6.42. The molecule has 1 saturated heterocycles. The van der Waals surface area contributed by atoms with Gasteiger partial charge in [0, 0.05) is 23.6 Å². The SMILES string of the molecule is COc1ccc(Br)c(CN2CCCC(N)C2)c1.Cl. The lowest BCUT2D eigenvalue weighted by Gasteiger charge is -2.31. The summed E-state index contributed by atoms with van der Waals surface area (Å²) in [6.07, 6.45) is 2.35. The number of ether oxygens (including phenoxy) is 1. The van der Waals surface area contributed by atoms with E-state index in [1.165, 1.54) is 12.0 Å². The summed E-state index contributed by atoms with van der Waals surface area (Å²) in [6.45, 7) is 3.06. The fourth-order valence-electron chi connectivity index (χ4n) is 2.28. The molecule has 0 aromatic heterocycles. The van der Waals surface area contributed by atoms with Gasteiger partial charge in [0.05, 0.1) is 7.11 Å². The maximum atomic E-state index is 5.99. The van der Waals surface area contributed by atoms with Gasteiger partial charge in [-0.25, -0.2) is 0 Å². The Balaban J connectivity index is 0.00000162. The van der Waals surface area contributed by atoms with E-state index < -0.39 is 0 Å². The Morgan fingerprint density at radius 2 is 2.28 bits per heavy atom. The van der Waals surface area contributed by atoms with Crippen molar-refractivity contribution in [2.24, 2.45) is 5.73 Å². The summed E-state index contributed by atoms with van der Waals surface area (Å²) in [7, 11) is 1.70. The van der Waals surface area contributed by atoms with E-state index in [9.17, 15) is 0 Å². The van der Waals surface area contributed by atoms with Crippen molar-refractivity contribution in [2.75, 3.05) is 20.2 Å². The molecule has 1 aromatic rings. The molecular formula is C13H20BrClN2O. The third-order valence-corrected chi connectivity index (χ3v) is 3.96. The van der Waals surface area contributed by atoms with Gasteiger partial charge >= 0.3 is 0 Å². The van der Waals surface area contributed by atoms with Crippen LogP contribution in [0.5, 0.6) is 5.75 Å². The minimum absolute atomic E-state index is 0. The maximum Gasteiger partial charge on any atom is 0.119 e. The maximum absolute atomic E-state index is 5.99. The number of hydrogen-bond acceptors (Lipinski definition) is 3. The Kier molecular flexibility index (Phi) is 6.43. The minimum atomic E-state index is 0. The summed E-state index contributed by atoms with van der Waals surface area (Å²) in [5.41, 5.74) is 7.26. The zero-order chi connectivity index (χ0) is 12.3. The Morgan fingerprint density at radius 1 is 1.50 bits per heavy atom. The first-order chi connectivity index (χ1) is 8.19. The molecule has 1 atom stereocenters. The molecule has 1 aromatic carbocycles. The van der Waals surface area contributed by atoms with Crippen LogP contribution in [0, 0.1) is 0 Å². The van der Waals surface area contributed by atoms with Crippen LogP contribution in [0.3, 0.4) is 0 Å². The molecule has 5 heteroatoms. The monoisotopic (exact) mass is 334 g/mol. The number of piperidine rings is 1. The van der Waals surface area contributed by atoms with Crippen molar-refractivity contribution < 1.29 is 4.74 Å². The third-order valence-electron chi connectivity index (χ3n) is 3.19. The van der Waals surface area contributed by atoms with Crippen molar-refractivity contribution in [2.45, 2.75) is 25.4 Å². The summed E-state index contributed by atoms with van der Waals surface area (Å²) < 4.78 is 6.39. The van der Waals surface area contributed by atoms with Gasteiger partial charge in [-0.2, -0.15) is 0 Å². The quantitative estimate of drug-likeness (QED) is 0.923. The van der Waals surface area contributed by atoms with Crippen LogP contribution in [-0.2, 0) is 6.54 Å². The molecule has 3 nitrogen and oxygen atoms in total. The van der Waals surface area contributed by atoms with Crippen LogP contribution in [0.1, 0.15) is 18.4 Å². The number of hydrogen-bond donors (Lipinski definition) is 1. The van der Waals surface area contributed by atoms with Crippen LogP contribution in [-0.4, -0.2) is 31.1 Å². The van der Waals surface area contributed by atoms with Crippen molar-refractivity contribution in [1.82, 2.24) is 4.90 Å². The standard InChI is InChI=1S/C13H19BrN2O.ClH/c1-17-12-4-5-13(14)10(7-12)8-16-6-2-3-11(15)9-16;/h4-5,7,11H,2-3,6,8-9,15H2,1H3;1H. The Hall–Kier alpha value is -0.290. The number of halogens is 2. The van der Waals surface area contributed by atoms with E-state index in [-0.39, 0.29) is 12.4 Å². The first-order valence-electron chi connectivity index (χ1n) is 5.99. The van der Waals surface area contributed by atoms with Crippen molar-refractivity contribution in [3.05, 3.63) is 28.2 Å². The Bertz CT molecular complexity index is 389. The lowest BCUT2D eigenvalue weighted by molar-refractivity contribution is 0.201. The van der Waals surface area contributed by atoms with Crippen LogP contribution in [0.15, 0.2) is 22.7 Å². The first kappa shape index (κ1) is 15.8. The van der Waals surface area contributed by atoms with E-state index in [1.54, 1.807) is 7.11 Å². The fourth-order valence-corrected chi connectivity index (χ4v) is 2.65. The number of benzene rings is 1. The molecule has 0 bridgehead atoms. The lowest BCUT2D eigenvalue weighted by atomic mass is 10.1. The van der Waals surface area contributed by atoms with Gasteiger partial charge in [-0.15, -0.1) is 12.4 Å². The van der Waals surface area contributed by atoms with Gasteiger partial charge in [0.1, 0.15) is 5.75 Å². The zero-order valence-electron chi connectivity index (χ0n) is 10.6. The highest BCUT2D eigenvalue weighted by atomic mass is 79.9. The van der Waals surface area contributed by atoms with Crippen LogP contribution >= 0.6 is 28.3 Å². The normalized spacial score (nSPS) is 20.3. The summed E-state index contributed by atoms with van der Waals surface area (Å²) in [5, 5.41) is 0. The van der Waals surface area contributed by atoms with Gasteiger partial charge in [0.15, 0.2) is 0 Å². The molecule has 2 rings (SSSR count). The average Bonchev–Trinajstić information content (AvgIpc) is 2.32. The zero-order valence-corrected chi connectivity index (χ0v) is 13.0. The molecular weight excluding hydrogens is 316 g/mol. The van der Waals surface area contributed by atoms with E-state index in [4.69, 9.17) is 10.5 Å². The second-order valence-electron chi connectivity index (χ2n) is 4.59. The van der Waals surface area contributed by atoms with Gasteiger partial charge in [0.2, 0.25) is 0 Å². The van der Waals surface area contributed by atoms with Gasteiger partial charge in [-0.3, -0.25) is 4.90 Å². The summed E-state index contributed by atoms with van der Waals surface area (Å²) in [5.74, 6) is 0.907. The predicted octanol–water partition coefficient (Wildman–Crippen LogP) is 2.80. The lowest BCUT2D eigenvalue weighted by Crippen LogP contribution is -2.42. The molecule has 1 aliphatic rings. The molecule has 102 valence electrons. The Morgan fingerprint density at radius 3 is 2.94 bits per heavy atom. The van der Waals surface area contributed by atoms with E-state index in [2.05, 4.69) is 26.9 Å². The van der Waals surface area contributed by atoms with E-state index >= 15 is 0 Å². The van der Waals surface area contributed by atoms with Crippen molar-refractivity contribution in [1.29, 1.82) is 0 Å². The molecule has 1 unspecified atom stereocenters. The number of rotatable bonds is 3. The number of nitrogens with two attached hydrogens (primary N) is 1. The highest BCUT2D eigenvalue weighted by Crippen LogP contribution is 2.24. The van der Waals surface area contributed by atoms with E-state index in [1.807, 2.05) is 12.1 Å². The van der Waals surface area contributed by atoms with Crippen LogP contribution < -0.4 is 10.5 Å². The average molecular weight is 336 g/mol. The largest absolute Gasteiger partial charge is 0.497 e. The molecule has 0 saturated carbocycles. The van der Waals surface area contributed by atoms with Crippen molar-refractivity contribution >= 4 is 28.3 Å². The summed E-state index contributed by atoms with van der Waals surface area (Å²) >= 11 is 3.59. The molecule has 0 spiro atoms. The molecule has 1 heterocycles. The van der Waals surface area contributed by atoms with Crippen molar-refractivity contribution in [3.63, 3.8) is 0 Å². The molecule has 18 heavy (non-hydrogen) atoms. The summed E-state index contributed by atoms with van der Waals surface area (Å²) in [4.78, 5) is 2.41. The predicted molar refractivity (Wildman–Crippen MR) is 80.4 cm³/mol. The van der Waals surface area contributed by atoms with Gasteiger partial charge in [-0.1, -0.05) is 15.9 Å². The Labute approximate surface area is 123 Å². The number of nitrogens with zero attached hydrogens (tertiary/aromatic N) is 1. The third kappa shape index (κ3) is 4.12. The van der Waals surface area contributed by atoms with Crippen LogP contribution in [0.25, 0.3) is 0 Å². The molecule has 2 N–H and O–H groups in total. The number of likely N-dealkylation sites (tertiary alicyclic amines) is 1. The van der Waals surface area contributed by atoms with Gasteiger partial charge < -0.3 is 10.5 Å². The highest BCUT2D eigenvalue weighted by Gasteiger charge is 2.17. The smallest absolute Gasteiger partial charge is 0.119 e. The fraction of sp³-hybridized carbons (Fsp3) is 0.538. The topological polar surface area (TPSA) is 38.5 Å². The second kappa shape index (κ2) is 7.34. The molecule has 1 fully saturated rings. The minimum Gasteiger partial charge on any atom is -0.497 e. The highest BCUT2D eigenvalue weighted by molar-refractivity contribution is 9.10. The number of methoxy groups -OCH3 is 1. The molecule has 0 aliphatic carbocycles. The van der Waals surface area contributed by atoms with E-state index in [0.29, 0.717) is 6.04 Å². The molecule has 0 amide bonds. The molecule has 1 aliphatic heterocycles. The second-order valence-corrected chi connectivity index (χ2v) is 5.45.